The van der Waals surface area contributed by atoms with Gasteiger partial charge in [0.15, 0.2) is 0 Å². The highest BCUT2D eigenvalue weighted by Crippen LogP contribution is 2.21. The number of para-hydroxylation sites is 1. The number of fused-ring (bicyclic) bond motifs is 1. The molecule has 1 heterocycles. The molecule has 0 aliphatic rings. The molecule has 0 spiro atoms. The molecule has 2 aromatic rings. The first-order chi connectivity index (χ1) is 7.79. The molecule has 1 aromatic carbocycles. The Hall–Kier alpha value is -0.950. The number of hydrogen-bond acceptors (Lipinski definition) is 1. The largest absolute Gasteiger partial charge is 0.461 e. The van der Waals surface area contributed by atoms with Crippen molar-refractivity contribution in [1.82, 2.24) is 0 Å². The second kappa shape index (κ2) is 5.40. The summed E-state index contributed by atoms with van der Waals surface area (Å²) >= 11 is 6.19. The molecule has 16 heavy (non-hydrogen) atoms. The minimum Gasteiger partial charge on any atom is -0.461 e. The van der Waals surface area contributed by atoms with Crippen LogP contribution >= 0.6 is 11.6 Å². The molecular formula is C14H17ClO. The molecule has 1 atom stereocenters. The summed E-state index contributed by atoms with van der Waals surface area (Å²) < 4.78 is 5.74. The number of benzene rings is 1. The van der Waals surface area contributed by atoms with Crippen molar-refractivity contribution in [1.29, 1.82) is 0 Å². The van der Waals surface area contributed by atoms with Crippen molar-refractivity contribution in [2.24, 2.45) is 0 Å². The lowest BCUT2D eigenvalue weighted by atomic mass is 10.1. The van der Waals surface area contributed by atoms with Crippen LogP contribution in [0.15, 0.2) is 34.7 Å². The standard InChI is InChI=1S/C14H17ClO/c1-2-5-12(15)8-9-13-10-11-6-3-4-7-14(11)16-13/h3-4,6-7,10,12H,2,5,8-9H2,1H3. The molecule has 1 aromatic heterocycles. The van der Waals surface area contributed by atoms with Gasteiger partial charge in [0.1, 0.15) is 11.3 Å². The zero-order valence-corrected chi connectivity index (χ0v) is 10.3. The van der Waals surface area contributed by atoms with Crippen molar-refractivity contribution < 1.29 is 4.42 Å². The van der Waals surface area contributed by atoms with Gasteiger partial charge in [0.25, 0.3) is 0 Å². The third-order valence-electron chi connectivity index (χ3n) is 2.78. The quantitative estimate of drug-likeness (QED) is 0.682. The maximum atomic E-state index is 6.19. The fourth-order valence-electron chi connectivity index (χ4n) is 1.92. The number of alkyl halides is 1. The third kappa shape index (κ3) is 2.79. The van der Waals surface area contributed by atoms with Crippen LogP contribution in [0, 0.1) is 0 Å². The van der Waals surface area contributed by atoms with Crippen molar-refractivity contribution in [2.75, 3.05) is 0 Å². The molecular weight excluding hydrogens is 220 g/mol. The van der Waals surface area contributed by atoms with Crippen LogP contribution in [-0.2, 0) is 6.42 Å². The molecule has 0 N–H and O–H groups in total. The number of halogens is 1. The highest BCUT2D eigenvalue weighted by atomic mass is 35.5. The lowest BCUT2D eigenvalue weighted by Gasteiger charge is -2.05. The fourth-order valence-corrected chi connectivity index (χ4v) is 2.24. The van der Waals surface area contributed by atoms with E-state index in [2.05, 4.69) is 19.1 Å². The van der Waals surface area contributed by atoms with Crippen LogP contribution in [-0.4, -0.2) is 5.38 Å². The second-order valence-corrected chi connectivity index (χ2v) is 4.79. The Labute approximate surface area is 101 Å². The Morgan fingerprint density at radius 3 is 2.81 bits per heavy atom. The summed E-state index contributed by atoms with van der Waals surface area (Å²) in [5.74, 6) is 1.04. The Morgan fingerprint density at radius 1 is 1.25 bits per heavy atom. The minimum absolute atomic E-state index is 0.276. The number of hydrogen-bond donors (Lipinski definition) is 0. The average molecular weight is 237 g/mol. The SMILES string of the molecule is CCCC(Cl)CCc1cc2ccccc2o1. The van der Waals surface area contributed by atoms with Crippen LogP contribution in [0.1, 0.15) is 31.9 Å². The maximum Gasteiger partial charge on any atom is 0.134 e. The number of rotatable bonds is 5. The van der Waals surface area contributed by atoms with Gasteiger partial charge in [-0.3, -0.25) is 0 Å². The highest BCUT2D eigenvalue weighted by Gasteiger charge is 2.07. The van der Waals surface area contributed by atoms with Crippen molar-refractivity contribution in [3.8, 4) is 0 Å². The fraction of sp³-hybridized carbons (Fsp3) is 0.429. The summed E-state index contributed by atoms with van der Waals surface area (Å²) in [4.78, 5) is 0. The van der Waals surface area contributed by atoms with E-state index in [1.807, 2.05) is 18.2 Å². The summed E-state index contributed by atoms with van der Waals surface area (Å²) in [7, 11) is 0. The number of aryl methyl sites for hydroxylation is 1. The van der Waals surface area contributed by atoms with E-state index in [0.29, 0.717) is 0 Å². The van der Waals surface area contributed by atoms with Gasteiger partial charge >= 0.3 is 0 Å². The minimum atomic E-state index is 0.276. The van der Waals surface area contributed by atoms with Crippen LogP contribution in [0.4, 0.5) is 0 Å². The predicted octanol–water partition coefficient (Wildman–Crippen LogP) is 4.77. The molecule has 0 aliphatic heterocycles. The maximum absolute atomic E-state index is 6.19. The zero-order chi connectivity index (χ0) is 11.4. The van der Waals surface area contributed by atoms with Gasteiger partial charge in [-0.1, -0.05) is 31.5 Å². The molecule has 2 rings (SSSR count). The van der Waals surface area contributed by atoms with E-state index >= 15 is 0 Å². The Bertz CT molecular complexity index is 414. The van der Waals surface area contributed by atoms with E-state index in [-0.39, 0.29) is 5.38 Å². The Balaban J connectivity index is 1.99. The normalized spacial score (nSPS) is 13.1. The van der Waals surface area contributed by atoms with Gasteiger partial charge in [0, 0.05) is 17.2 Å². The lowest BCUT2D eigenvalue weighted by molar-refractivity contribution is 0.529. The van der Waals surface area contributed by atoms with Crippen LogP contribution in [0.25, 0.3) is 11.0 Å². The smallest absolute Gasteiger partial charge is 0.134 e. The van der Waals surface area contributed by atoms with E-state index in [0.717, 1.165) is 37.0 Å². The van der Waals surface area contributed by atoms with Gasteiger partial charge in [-0.05, 0) is 25.0 Å². The summed E-state index contributed by atoms with van der Waals surface area (Å²) in [6.45, 7) is 2.16. The van der Waals surface area contributed by atoms with Crippen LogP contribution in [0.2, 0.25) is 0 Å². The molecule has 0 amide bonds. The van der Waals surface area contributed by atoms with E-state index in [4.69, 9.17) is 16.0 Å². The van der Waals surface area contributed by atoms with Gasteiger partial charge in [0.05, 0.1) is 0 Å². The Morgan fingerprint density at radius 2 is 2.06 bits per heavy atom. The summed E-state index contributed by atoms with van der Waals surface area (Å²) in [5, 5.41) is 1.46. The molecule has 0 saturated heterocycles. The van der Waals surface area contributed by atoms with E-state index in [1.165, 1.54) is 5.39 Å². The van der Waals surface area contributed by atoms with Crippen molar-refractivity contribution in [3.63, 3.8) is 0 Å². The molecule has 0 aliphatic carbocycles. The van der Waals surface area contributed by atoms with Crippen molar-refractivity contribution >= 4 is 22.6 Å². The monoisotopic (exact) mass is 236 g/mol. The lowest BCUT2D eigenvalue weighted by Crippen LogP contribution is -1.99. The predicted molar refractivity (Wildman–Crippen MR) is 69.1 cm³/mol. The third-order valence-corrected chi connectivity index (χ3v) is 3.22. The van der Waals surface area contributed by atoms with Crippen molar-refractivity contribution in [2.45, 2.75) is 38.0 Å². The number of furan rings is 1. The van der Waals surface area contributed by atoms with E-state index < -0.39 is 0 Å². The topological polar surface area (TPSA) is 13.1 Å². The molecule has 0 bridgehead atoms. The van der Waals surface area contributed by atoms with E-state index in [1.54, 1.807) is 0 Å². The van der Waals surface area contributed by atoms with Crippen LogP contribution < -0.4 is 0 Å². The van der Waals surface area contributed by atoms with Gasteiger partial charge < -0.3 is 4.42 Å². The van der Waals surface area contributed by atoms with Crippen molar-refractivity contribution in [3.05, 3.63) is 36.1 Å². The van der Waals surface area contributed by atoms with E-state index in [9.17, 15) is 0 Å². The molecule has 0 radical (unpaired) electrons. The molecule has 0 saturated carbocycles. The Kier molecular flexibility index (Phi) is 3.89. The highest BCUT2D eigenvalue weighted by molar-refractivity contribution is 6.20. The zero-order valence-electron chi connectivity index (χ0n) is 9.58. The van der Waals surface area contributed by atoms with Gasteiger partial charge in [0.2, 0.25) is 0 Å². The first-order valence-corrected chi connectivity index (χ1v) is 6.34. The summed E-state index contributed by atoms with van der Waals surface area (Å²) in [6.07, 6.45) is 4.16. The van der Waals surface area contributed by atoms with Gasteiger partial charge in [-0.15, -0.1) is 11.6 Å². The molecule has 2 heteroatoms. The molecule has 86 valence electrons. The van der Waals surface area contributed by atoms with Crippen LogP contribution in [0.5, 0.6) is 0 Å². The van der Waals surface area contributed by atoms with Gasteiger partial charge in [-0.2, -0.15) is 0 Å². The first kappa shape index (κ1) is 11.5. The first-order valence-electron chi connectivity index (χ1n) is 5.91. The van der Waals surface area contributed by atoms with Gasteiger partial charge in [-0.25, -0.2) is 0 Å². The average Bonchev–Trinajstić information content (AvgIpc) is 2.69. The van der Waals surface area contributed by atoms with Crippen LogP contribution in [0.3, 0.4) is 0 Å². The molecule has 1 nitrogen and oxygen atoms in total. The summed E-state index contributed by atoms with van der Waals surface area (Å²) in [6, 6.07) is 10.2. The second-order valence-electron chi connectivity index (χ2n) is 4.18. The molecule has 1 unspecified atom stereocenters. The molecule has 0 fully saturated rings. The summed E-state index contributed by atoms with van der Waals surface area (Å²) in [5.41, 5.74) is 0.971.